The van der Waals surface area contributed by atoms with Crippen molar-refractivity contribution in [1.82, 2.24) is 19.1 Å². The largest absolute Gasteiger partial charge is 0.325 e. The molecule has 2 aromatic heterocycles. The predicted molar refractivity (Wildman–Crippen MR) is 97.1 cm³/mol. The summed E-state index contributed by atoms with van der Waals surface area (Å²) in [4.78, 5) is 22.2. The van der Waals surface area contributed by atoms with Crippen molar-refractivity contribution < 1.29 is 0 Å². The minimum atomic E-state index is -0.00764. The van der Waals surface area contributed by atoms with Crippen molar-refractivity contribution in [3.05, 3.63) is 51.0 Å². The van der Waals surface area contributed by atoms with E-state index in [0.717, 1.165) is 40.2 Å². The van der Waals surface area contributed by atoms with Crippen LogP contribution < -0.4 is 5.56 Å². The van der Waals surface area contributed by atoms with E-state index in [-0.39, 0.29) is 11.6 Å². The van der Waals surface area contributed by atoms with Crippen LogP contribution in [0.3, 0.4) is 0 Å². The van der Waals surface area contributed by atoms with E-state index in [4.69, 9.17) is 11.6 Å². The normalized spacial score (nSPS) is 16.7. The Morgan fingerprint density at radius 3 is 2.88 bits per heavy atom. The Labute approximate surface area is 148 Å². The molecule has 0 N–H and O–H groups in total. The van der Waals surface area contributed by atoms with Crippen molar-refractivity contribution in [3.8, 4) is 0 Å². The van der Waals surface area contributed by atoms with Crippen LogP contribution in [0.1, 0.15) is 24.4 Å². The van der Waals surface area contributed by atoms with Crippen molar-refractivity contribution in [1.29, 1.82) is 0 Å². The molecule has 0 bridgehead atoms. The van der Waals surface area contributed by atoms with Gasteiger partial charge in [0.05, 0.1) is 6.04 Å². The summed E-state index contributed by atoms with van der Waals surface area (Å²) in [6.07, 6.45) is 1.50. The van der Waals surface area contributed by atoms with Gasteiger partial charge in [-0.05, 0) is 18.1 Å². The zero-order valence-corrected chi connectivity index (χ0v) is 15.1. The number of rotatable bonds is 3. The van der Waals surface area contributed by atoms with Gasteiger partial charge in [0.2, 0.25) is 0 Å². The van der Waals surface area contributed by atoms with Crippen molar-refractivity contribution >= 4 is 34.5 Å². The maximum Gasteiger partial charge on any atom is 0.280 e. The second kappa shape index (κ2) is 5.93. The molecule has 1 aliphatic rings. The highest BCUT2D eigenvalue weighted by Gasteiger charge is 2.28. The molecule has 7 heteroatoms. The van der Waals surface area contributed by atoms with Crippen LogP contribution in [0, 0.1) is 0 Å². The van der Waals surface area contributed by atoms with E-state index in [1.54, 1.807) is 11.8 Å². The lowest BCUT2D eigenvalue weighted by Crippen LogP contribution is -2.27. The van der Waals surface area contributed by atoms with Gasteiger partial charge in [0.1, 0.15) is 5.82 Å². The zero-order valence-electron chi connectivity index (χ0n) is 13.5. The summed E-state index contributed by atoms with van der Waals surface area (Å²) in [7, 11) is 1.88. The van der Waals surface area contributed by atoms with Crippen molar-refractivity contribution in [3.63, 3.8) is 0 Å². The van der Waals surface area contributed by atoms with Crippen LogP contribution >= 0.6 is 23.4 Å². The minimum absolute atomic E-state index is 0.00764. The molecular weight excluding hydrogens is 344 g/mol. The van der Waals surface area contributed by atoms with Gasteiger partial charge in [-0.25, -0.2) is 9.97 Å². The fourth-order valence-corrected chi connectivity index (χ4v) is 4.59. The zero-order chi connectivity index (χ0) is 16.8. The average molecular weight is 361 g/mol. The van der Waals surface area contributed by atoms with Gasteiger partial charge >= 0.3 is 0 Å². The average Bonchev–Trinajstić information content (AvgIpc) is 3.11. The number of halogens is 1. The number of fused-ring (bicyclic) bond motifs is 2. The van der Waals surface area contributed by atoms with Crippen LogP contribution in [0.25, 0.3) is 11.2 Å². The summed E-state index contributed by atoms with van der Waals surface area (Å²) in [5, 5.41) is 1.50. The van der Waals surface area contributed by atoms with E-state index in [9.17, 15) is 4.79 Å². The third-order valence-corrected chi connectivity index (χ3v) is 5.96. The number of aryl methyl sites for hydroxylation is 2. The lowest BCUT2D eigenvalue weighted by molar-refractivity contribution is 0.506. The topological polar surface area (TPSA) is 52.7 Å². The van der Waals surface area contributed by atoms with Gasteiger partial charge in [-0.2, -0.15) is 0 Å². The molecule has 0 radical (unpaired) electrons. The third-order valence-electron chi connectivity index (χ3n) is 4.50. The van der Waals surface area contributed by atoms with E-state index in [2.05, 4.69) is 9.97 Å². The lowest BCUT2D eigenvalue weighted by Gasteiger charge is -2.14. The minimum Gasteiger partial charge on any atom is -0.325 e. The molecular formula is C17H17ClN4OS. The Morgan fingerprint density at radius 1 is 1.33 bits per heavy atom. The van der Waals surface area contributed by atoms with Gasteiger partial charge in [-0.3, -0.25) is 9.36 Å². The molecule has 1 aliphatic heterocycles. The van der Waals surface area contributed by atoms with Gasteiger partial charge in [0, 0.05) is 24.2 Å². The molecule has 3 heterocycles. The first-order chi connectivity index (χ1) is 11.6. The molecule has 0 saturated heterocycles. The number of nitrogens with zero attached hydrogens (tertiary/aromatic N) is 4. The highest BCUT2D eigenvalue weighted by Crippen LogP contribution is 2.34. The number of benzene rings is 1. The third kappa shape index (κ3) is 2.36. The Morgan fingerprint density at radius 2 is 2.12 bits per heavy atom. The van der Waals surface area contributed by atoms with Gasteiger partial charge in [-0.1, -0.05) is 48.5 Å². The molecule has 1 atom stereocenters. The fraction of sp³-hybridized carbons (Fsp3) is 0.353. The molecule has 0 aliphatic carbocycles. The molecule has 3 aromatic rings. The summed E-state index contributed by atoms with van der Waals surface area (Å²) < 4.78 is 3.69. The molecule has 5 nitrogen and oxygen atoms in total. The van der Waals surface area contributed by atoms with Gasteiger partial charge in [0.15, 0.2) is 16.3 Å². The van der Waals surface area contributed by atoms with Gasteiger partial charge in [-0.15, -0.1) is 0 Å². The van der Waals surface area contributed by atoms with Crippen molar-refractivity contribution in [2.75, 3.05) is 5.75 Å². The van der Waals surface area contributed by atoms with E-state index in [1.165, 1.54) is 0 Å². The van der Waals surface area contributed by atoms with Crippen molar-refractivity contribution in [2.45, 2.75) is 31.0 Å². The molecule has 0 saturated carbocycles. The maximum absolute atomic E-state index is 13.1. The highest BCUT2D eigenvalue weighted by molar-refractivity contribution is 7.99. The molecule has 0 amide bonds. The summed E-state index contributed by atoms with van der Waals surface area (Å²) in [6, 6.07) is 7.86. The SMILES string of the molecule is CCc1nc2nc3n(c(=O)c2n1C)C(Cc1ccccc1Cl)CS3. The van der Waals surface area contributed by atoms with Gasteiger partial charge in [0.25, 0.3) is 5.56 Å². The molecule has 0 spiro atoms. The second-order valence-electron chi connectivity index (χ2n) is 5.94. The van der Waals surface area contributed by atoms with E-state index in [1.807, 2.05) is 47.4 Å². The lowest BCUT2D eigenvalue weighted by atomic mass is 10.1. The van der Waals surface area contributed by atoms with E-state index >= 15 is 0 Å². The summed E-state index contributed by atoms with van der Waals surface area (Å²) in [6.45, 7) is 2.03. The monoisotopic (exact) mass is 360 g/mol. The van der Waals surface area contributed by atoms with Crippen LogP contribution in [0.5, 0.6) is 0 Å². The Bertz CT molecular complexity index is 994. The summed E-state index contributed by atoms with van der Waals surface area (Å²) >= 11 is 7.90. The van der Waals surface area contributed by atoms with E-state index in [0.29, 0.717) is 11.2 Å². The van der Waals surface area contributed by atoms with Gasteiger partial charge < -0.3 is 4.57 Å². The van der Waals surface area contributed by atoms with Crippen molar-refractivity contribution in [2.24, 2.45) is 7.05 Å². The van der Waals surface area contributed by atoms with Crippen LogP contribution in [-0.2, 0) is 19.9 Å². The smallest absolute Gasteiger partial charge is 0.280 e. The molecule has 24 heavy (non-hydrogen) atoms. The molecule has 4 rings (SSSR count). The maximum atomic E-state index is 13.1. The first kappa shape index (κ1) is 15.7. The highest BCUT2D eigenvalue weighted by atomic mass is 35.5. The van der Waals surface area contributed by atoms with Crippen LogP contribution in [0.2, 0.25) is 5.02 Å². The Kier molecular flexibility index (Phi) is 3.89. The fourth-order valence-electron chi connectivity index (χ4n) is 3.25. The quantitative estimate of drug-likeness (QED) is 0.673. The number of aromatic nitrogens is 4. The standard InChI is InChI=1S/C17H17ClN4OS/c1-3-13-19-15-14(21(13)2)16(23)22-11(9-24-17(22)20-15)8-10-6-4-5-7-12(10)18/h4-7,11H,3,8-9H2,1-2H3. The van der Waals surface area contributed by atoms with Crippen LogP contribution in [0.15, 0.2) is 34.2 Å². The first-order valence-corrected chi connectivity index (χ1v) is 9.30. The molecule has 1 unspecified atom stereocenters. The van der Waals surface area contributed by atoms with Crippen LogP contribution in [-0.4, -0.2) is 24.9 Å². The Hall–Kier alpha value is -1.79. The van der Waals surface area contributed by atoms with E-state index < -0.39 is 0 Å². The Balaban J connectivity index is 1.83. The summed E-state index contributed by atoms with van der Waals surface area (Å²) in [5.41, 5.74) is 2.19. The number of thioether (sulfide) groups is 1. The predicted octanol–water partition coefficient (Wildman–Crippen LogP) is 3.24. The number of hydrogen-bond acceptors (Lipinski definition) is 4. The van der Waals surface area contributed by atoms with Crippen LogP contribution in [0.4, 0.5) is 0 Å². The first-order valence-electron chi connectivity index (χ1n) is 7.94. The number of hydrogen-bond donors (Lipinski definition) is 0. The molecule has 0 fully saturated rings. The molecule has 1 aromatic carbocycles. The number of imidazole rings is 1. The summed E-state index contributed by atoms with van der Waals surface area (Å²) in [5.74, 6) is 1.70. The second-order valence-corrected chi connectivity index (χ2v) is 7.34. The molecule has 124 valence electrons.